The van der Waals surface area contributed by atoms with Gasteiger partial charge < -0.3 is 19.1 Å². The molecule has 4 heterocycles. The smallest absolute Gasteiger partial charge is 0.335 e. The highest BCUT2D eigenvalue weighted by atomic mass is 19.1. The number of nitrogens with one attached hydrogen (secondary N) is 1. The number of rotatable bonds is 5. The van der Waals surface area contributed by atoms with Crippen molar-refractivity contribution in [3.8, 4) is 5.69 Å². The molecule has 4 aromatic rings. The molecule has 1 aromatic carbocycles. The van der Waals surface area contributed by atoms with Crippen LogP contribution in [0.2, 0.25) is 0 Å². The maximum absolute atomic E-state index is 13.9. The molecule has 36 heavy (non-hydrogen) atoms. The molecule has 0 amide bonds. The number of hydrogen-bond donors (Lipinski definition) is 2. The van der Waals surface area contributed by atoms with Crippen LogP contribution in [0, 0.1) is 5.82 Å². The van der Waals surface area contributed by atoms with E-state index in [1.807, 2.05) is 12.1 Å². The quantitative estimate of drug-likeness (QED) is 0.404. The Labute approximate surface area is 207 Å². The second-order valence-corrected chi connectivity index (χ2v) is 9.94. The molecule has 2 fully saturated rings. The molecule has 188 valence electrons. The Morgan fingerprint density at radius 2 is 1.89 bits per heavy atom. The molecule has 1 saturated heterocycles. The van der Waals surface area contributed by atoms with Crippen molar-refractivity contribution in [2.75, 3.05) is 20.3 Å². The second-order valence-electron chi connectivity index (χ2n) is 9.94. The summed E-state index contributed by atoms with van der Waals surface area (Å²) in [5.74, 6) is -0.810. The minimum absolute atomic E-state index is 0.127. The fourth-order valence-electron chi connectivity index (χ4n) is 6.13. The molecular formula is C27H29FN4O4. The van der Waals surface area contributed by atoms with Crippen LogP contribution in [-0.4, -0.2) is 56.7 Å². The number of aromatic nitrogens is 4. The number of benzene rings is 1. The van der Waals surface area contributed by atoms with Crippen molar-refractivity contribution >= 4 is 28.0 Å². The number of aromatic amines is 1. The van der Waals surface area contributed by atoms with Gasteiger partial charge in [-0.2, -0.15) is 5.10 Å². The van der Waals surface area contributed by atoms with Crippen molar-refractivity contribution in [2.45, 2.75) is 56.0 Å². The number of carbonyl (C=O) groups is 1. The average molecular weight is 493 g/mol. The van der Waals surface area contributed by atoms with Crippen LogP contribution < -0.4 is 0 Å². The summed E-state index contributed by atoms with van der Waals surface area (Å²) in [4.78, 5) is 17.0. The average Bonchev–Trinajstić information content (AvgIpc) is 3.50. The van der Waals surface area contributed by atoms with Crippen molar-refractivity contribution in [1.82, 2.24) is 19.7 Å². The summed E-state index contributed by atoms with van der Waals surface area (Å²) in [5.41, 5.74) is 4.63. The molecule has 2 N–H and O–H groups in total. The third kappa shape index (κ3) is 3.69. The van der Waals surface area contributed by atoms with Crippen LogP contribution in [-0.2, 0) is 14.3 Å². The number of halogens is 1. The summed E-state index contributed by atoms with van der Waals surface area (Å²) >= 11 is 0. The van der Waals surface area contributed by atoms with E-state index >= 15 is 0 Å². The molecule has 1 aliphatic heterocycles. The summed E-state index contributed by atoms with van der Waals surface area (Å²) in [7, 11) is 1.48. The van der Waals surface area contributed by atoms with Gasteiger partial charge in [-0.25, -0.2) is 14.2 Å². The topological polar surface area (TPSA) is 102 Å². The lowest BCUT2D eigenvalue weighted by Crippen LogP contribution is -2.43. The Kier molecular flexibility index (Phi) is 5.76. The van der Waals surface area contributed by atoms with Gasteiger partial charge in [-0.05, 0) is 74.8 Å². The summed E-state index contributed by atoms with van der Waals surface area (Å²) < 4.78 is 27.3. The molecule has 0 bridgehead atoms. The van der Waals surface area contributed by atoms with Crippen LogP contribution in [0.5, 0.6) is 0 Å². The minimum Gasteiger partial charge on any atom is -0.479 e. The Bertz CT molecular complexity index is 1410. The predicted octanol–water partition coefficient (Wildman–Crippen LogP) is 5.06. The maximum Gasteiger partial charge on any atom is 0.335 e. The zero-order valence-electron chi connectivity index (χ0n) is 20.2. The van der Waals surface area contributed by atoms with E-state index in [0.717, 1.165) is 40.5 Å². The van der Waals surface area contributed by atoms with E-state index in [1.54, 1.807) is 6.20 Å². The number of H-pyrrole nitrogens is 1. The molecule has 6 rings (SSSR count). The van der Waals surface area contributed by atoms with Gasteiger partial charge in [0.15, 0.2) is 11.2 Å². The second kappa shape index (κ2) is 8.97. The highest BCUT2D eigenvalue weighted by Gasteiger charge is 2.44. The molecule has 0 atom stereocenters. The van der Waals surface area contributed by atoms with E-state index in [9.17, 15) is 14.3 Å². The number of pyridine rings is 1. The number of aliphatic carboxylic acids is 1. The van der Waals surface area contributed by atoms with Crippen molar-refractivity contribution in [2.24, 2.45) is 0 Å². The number of ether oxygens (including phenoxy) is 2. The number of nitrogens with zero attached hydrogens (tertiary/aromatic N) is 3. The van der Waals surface area contributed by atoms with Crippen molar-refractivity contribution in [3.05, 3.63) is 53.6 Å². The van der Waals surface area contributed by atoms with Crippen LogP contribution in [0.15, 0.2) is 36.5 Å². The number of fused-ring (bicyclic) bond motifs is 2. The Morgan fingerprint density at radius 1 is 1.17 bits per heavy atom. The largest absolute Gasteiger partial charge is 0.479 e. The molecule has 1 aliphatic carbocycles. The maximum atomic E-state index is 13.9. The van der Waals surface area contributed by atoms with E-state index in [2.05, 4.69) is 20.8 Å². The van der Waals surface area contributed by atoms with Gasteiger partial charge in [-0.15, -0.1) is 0 Å². The van der Waals surface area contributed by atoms with Gasteiger partial charge in [0.1, 0.15) is 5.82 Å². The predicted molar refractivity (Wildman–Crippen MR) is 132 cm³/mol. The number of carboxylic acids is 1. The molecule has 9 heteroatoms. The first-order valence-electron chi connectivity index (χ1n) is 12.5. The highest BCUT2D eigenvalue weighted by Crippen LogP contribution is 2.47. The zero-order chi connectivity index (χ0) is 24.9. The van der Waals surface area contributed by atoms with E-state index in [1.165, 1.54) is 24.9 Å². The molecule has 2 aliphatic rings. The molecule has 0 radical (unpaired) electrons. The van der Waals surface area contributed by atoms with Crippen molar-refractivity contribution < 1.29 is 23.8 Å². The zero-order valence-corrected chi connectivity index (χ0v) is 20.2. The molecular weight excluding hydrogens is 463 g/mol. The highest BCUT2D eigenvalue weighted by molar-refractivity contribution is 5.93. The van der Waals surface area contributed by atoms with Crippen molar-refractivity contribution in [3.63, 3.8) is 0 Å². The van der Waals surface area contributed by atoms with Crippen LogP contribution >= 0.6 is 0 Å². The molecule has 0 spiro atoms. The van der Waals surface area contributed by atoms with Gasteiger partial charge in [0.2, 0.25) is 0 Å². The third-order valence-electron chi connectivity index (χ3n) is 8.09. The van der Waals surface area contributed by atoms with Gasteiger partial charge in [0.25, 0.3) is 0 Å². The van der Waals surface area contributed by atoms with E-state index in [0.29, 0.717) is 44.5 Å². The lowest BCUT2D eigenvalue weighted by atomic mass is 9.74. The molecule has 3 aromatic heterocycles. The van der Waals surface area contributed by atoms with Crippen LogP contribution in [0.1, 0.15) is 61.6 Å². The SMILES string of the molecule is CO[C@]1(C(=O)O)CC[C@H](c2c(C3CCOCC3)n(-c3ccc(F)cc3)c3cc4cn[nH]c4nc32)CC1. The standard InChI is InChI=1S/C27H29FN4O4/c1-35-27(26(33)34)10-6-16(7-11-27)22-23-21(14-18-15-29-31-25(18)30-23)32(20-4-2-19(28)3-5-20)24(22)17-8-12-36-13-9-17/h2-5,14-17H,6-13H2,1H3,(H,33,34)(H,29,30,31)/t16-,27+. The summed E-state index contributed by atoms with van der Waals surface area (Å²) in [6.07, 6.45) is 5.77. The van der Waals surface area contributed by atoms with E-state index in [-0.39, 0.29) is 17.7 Å². The van der Waals surface area contributed by atoms with E-state index < -0.39 is 11.6 Å². The first-order chi connectivity index (χ1) is 17.5. The Morgan fingerprint density at radius 3 is 2.56 bits per heavy atom. The molecule has 1 saturated carbocycles. The monoisotopic (exact) mass is 492 g/mol. The van der Waals surface area contributed by atoms with E-state index in [4.69, 9.17) is 14.5 Å². The van der Waals surface area contributed by atoms with Gasteiger partial charge in [0.05, 0.1) is 17.2 Å². The summed E-state index contributed by atoms with van der Waals surface area (Å²) in [5, 5.41) is 17.9. The minimum atomic E-state index is -1.14. The van der Waals surface area contributed by atoms with Crippen molar-refractivity contribution in [1.29, 1.82) is 0 Å². The first kappa shape index (κ1) is 23.1. The first-order valence-corrected chi connectivity index (χ1v) is 12.5. The fraction of sp³-hybridized carbons (Fsp3) is 0.444. The number of methoxy groups -OCH3 is 1. The van der Waals surface area contributed by atoms with Gasteiger partial charge in [0, 0.05) is 48.6 Å². The lowest BCUT2D eigenvalue weighted by Gasteiger charge is -2.36. The summed E-state index contributed by atoms with van der Waals surface area (Å²) in [6.45, 7) is 1.37. The van der Waals surface area contributed by atoms with Crippen LogP contribution in [0.3, 0.4) is 0 Å². The normalized spacial score (nSPS) is 23.4. The Hall–Kier alpha value is -3.30. The Balaban J connectivity index is 1.58. The van der Waals surface area contributed by atoms with Crippen LogP contribution in [0.25, 0.3) is 27.8 Å². The number of hydrogen-bond acceptors (Lipinski definition) is 5. The number of carboxylic acid groups (broad SMARTS) is 1. The lowest BCUT2D eigenvalue weighted by molar-refractivity contribution is -0.166. The van der Waals surface area contributed by atoms with Gasteiger partial charge >= 0.3 is 5.97 Å². The third-order valence-corrected chi connectivity index (χ3v) is 8.09. The molecule has 8 nitrogen and oxygen atoms in total. The molecule has 0 unspecified atom stereocenters. The summed E-state index contributed by atoms with van der Waals surface area (Å²) in [6, 6.07) is 8.68. The van der Waals surface area contributed by atoms with Gasteiger partial charge in [-0.3, -0.25) is 5.10 Å². The fourth-order valence-corrected chi connectivity index (χ4v) is 6.13. The van der Waals surface area contributed by atoms with Gasteiger partial charge in [-0.1, -0.05) is 0 Å². The van der Waals surface area contributed by atoms with Crippen LogP contribution in [0.4, 0.5) is 4.39 Å².